The van der Waals surface area contributed by atoms with Crippen LogP contribution in [0.2, 0.25) is 0 Å². The van der Waals surface area contributed by atoms with E-state index in [1.54, 1.807) is 12.4 Å². The maximum atomic E-state index is 13.6. The predicted molar refractivity (Wildman–Crippen MR) is 121 cm³/mol. The third-order valence-electron chi connectivity index (χ3n) is 5.75. The highest BCUT2D eigenvalue weighted by atomic mass is 16.2. The Morgan fingerprint density at radius 1 is 1.00 bits per heavy atom. The molecule has 7 heteroatoms. The third-order valence-corrected chi connectivity index (χ3v) is 5.75. The van der Waals surface area contributed by atoms with Crippen LogP contribution < -0.4 is 4.90 Å². The van der Waals surface area contributed by atoms with Gasteiger partial charge in [-0.3, -0.25) is 4.79 Å². The molecule has 0 N–H and O–H groups in total. The van der Waals surface area contributed by atoms with Crippen LogP contribution >= 0.6 is 0 Å². The molecule has 0 bridgehead atoms. The molecule has 0 unspecified atom stereocenters. The number of aromatic nitrogens is 4. The Morgan fingerprint density at radius 3 is 2.48 bits per heavy atom. The number of hydrogen-bond acceptors (Lipinski definition) is 5. The maximum Gasteiger partial charge on any atom is 0.254 e. The first kappa shape index (κ1) is 19.2. The van der Waals surface area contributed by atoms with Crippen LogP contribution in [0.15, 0.2) is 67.0 Å². The number of amides is 1. The summed E-state index contributed by atoms with van der Waals surface area (Å²) in [4.78, 5) is 27.0. The predicted octanol–water partition coefficient (Wildman–Crippen LogP) is 3.48. The molecule has 31 heavy (non-hydrogen) atoms. The summed E-state index contributed by atoms with van der Waals surface area (Å²) >= 11 is 0. The van der Waals surface area contributed by atoms with Crippen LogP contribution in [0.3, 0.4) is 0 Å². The Bertz CT molecular complexity index is 1200. The summed E-state index contributed by atoms with van der Waals surface area (Å²) in [7, 11) is 0. The fourth-order valence-electron chi connectivity index (χ4n) is 4.06. The number of piperazine rings is 1. The Hall–Kier alpha value is -3.74. The number of carbonyl (C=O) groups is 1. The van der Waals surface area contributed by atoms with Crippen LogP contribution in [-0.2, 0) is 6.54 Å². The van der Waals surface area contributed by atoms with Gasteiger partial charge in [0.25, 0.3) is 5.91 Å². The van der Waals surface area contributed by atoms with E-state index in [1.165, 1.54) is 0 Å². The second-order valence-electron chi connectivity index (χ2n) is 7.59. The van der Waals surface area contributed by atoms with Crippen LogP contribution in [-0.4, -0.2) is 56.7 Å². The van der Waals surface area contributed by atoms with Gasteiger partial charge in [0.2, 0.25) is 0 Å². The fraction of sp³-hybridized carbons (Fsp3) is 0.250. The standard InChI is InChI=1S/C24H24N6O/c1-2-30-23-20(17-26-30)19(16-21(27-23)18-8-4-3-5-9-18)24(31)29-14-12-28(13-15-29)22-10-6-7-11-25-22/h3-11,16-17H,2,12-15H2,1H3. The van der Waals surface area contributed by atoms with Gasteiger partial charge in [0, 0.05) is 44.5 Å². The molecule has 0 radical (unpaired) electrons. The summed E-state index contributed by atoms with van der Waals surface area (Å²) in [5.41, 5.74) is 3.19. The molecule has 156 valence electrons. The molecule has 1 aromatic carbocycles. The van der Waals surface area contributed by atoms with Crippen molar-refractivity contribution in [1.29, 1.82) is 0 Å². The zero-order valence-electron chi connectivity index (χ0n) is 17.5. The molecule has 4 heterocycles. The highest BCUT2D eigenvalue weighted by Gasteiger charge is 2.26. The van der Waals surface area contributed by atoms with Crippen LogP contribution in [0.5, 0.6) is 0 Å². The Kier molecular flexibility index (Phi) is 5.08. The number of benzene rings is 1. The number of fused-ring (bicyclic) bond motifs is 1. The summed E-state index contributed by atoms with van der Waals surface area (Å²) in [6.45, 7) is 5.56. The second-order valence-corrected chi connectivity index (χ2v) is 7.59. The molecule has 0 saturated carbocycles. The molecule has 1 saturated heterocycles. The van der Waals surface area contributed by atoms with Crippen molar-refractivity contribution in [1.82, 2.24) is 24.6 Å². The molecular formula is C24H24N6O. The number of aryl methyl sites for hydroxylation is 1. The van der Waals surface area contributed by atoms with Crippen LogP contribution in [0, 0.1) is 0 Å². The van der Waals surface area contributed by atoms with Gasteiger partial charge < -0.3 is 9.80 Å². The average molecular weight is 412 g/mol. The van der Waals surface area contributed by atoms with Gasteiger partial charge in [-0.15, -0.1) is 0 Å². The van der Waals surface area contributed by atoms with Crippen molar-refractivity contribution in [3.8, 4) is 11.3 Å². The van der Waals surface area contributed by atoms with Crippen molar-refractivity contribution in [2.45, 2.75) is 13.5 Å². The van der Waals surface area contributed by atoms with Gasteiger partial charge in [-0.1, -0.05) is 36.4 Å². The first-order valence-corrected chi connectivity index (χ1v) is 10.6. The van der Waals surface area contributed by atoms with E-state index in [0.717, 1.165) is 41.2 Å². The molecule has 7 nitrogen and oxygen atoms in total. The number of anilines is 1. The van der Waals surface area contributed by atoms with Crippen molar-refractivity contribution in [2.24, 2.45) is 0 Å². The molecular weight excluding hydrogens is 388 g/mol. The molecule has 1 aliphatic heterocycles. The smallest absolute Gasteiger partial charge is 0.254 e. The molecule has 1 amide bonds. The van der Waals surface area contributed by atoms with Gasteiger partial charge >= 0.3 is 0 Å². The lowest BCUT2D eigenvalue weighted by Crippen LogP contribution is -2.49. The Morgan fingerprint density at radius 2 is 1.77 bits per heavy atom. The van der Waals surface area contributed by atoms with E-state index < -0.39 is 0 Å². The number of carbonyl (C=O) groups excluding carboxylic acids is 1. The molecule has 0 atom stereocenters. The van der Waals surface area contributed by atoms with Gasteiger partial charge in [-0.2, -0.15) is 5.10 Å². The normalized spacial score (nSPS) is 14.2. The van der Waals surface area contributed by atoms with E-state index in [9.17, 15) is 4.79 Å². The molecule has 0 spiro atoms. The van der Waals surface area contributed by atoms with Gasteiger partial charge in [0.05, 0.1) is 22.8 Å². The Labute approximate surface area is 181 Å². The summed E-state index contributed by atoms with van der Waals surface area (Å²) in [6.07, 6.45) is 3.56. The number of hydrogen-bond donors (Lipinski definition) is 0. The first-order valence-electron chi connectivity index (χ1n) is 10.6. The Balaban J connectivity index is 1.46. The molecule has 1 fully saturated rings. The monoisotopic (exact) mass is 412 g/mol. The number of pyridine rings is 2. The fourth-order valence-corrected chi connectivity index (χ4v) is 4.06. The van der Waals surface area contributed by atoms with E-state index in [2.05, 4.69) is 15.0 Å². The van der Waals surface area contributed by atoms with Gasteiger partial charge in [0.15, 0.2) is 5.65 Å². The summed E-state index contributed by atoms with van der Waals surface area (Å²) in [6, 6.07) is 17.8. The minimum Gasteiger partial charge on any atom is -0.353 e. The zero-order valence-corrected chi connectivity index (χ0v) is 17.5. The van der Waals surface area contributed by atoms with E-state index in [4.69, 9.17) is 4.98 Å². The van der Waals surface area contributed by atoms with Gasteiger partial charge in [-0.25, -0.2) is 14.6 Å². The van der Waals surface area contributed by atoms with Crippen molar-refractivity contribution < 1.29 is 4.79 Å². The molecule has 1 aliphatic rings. The lowest BCUT2D eigenvalue weighted by atomic mass is 10.1. The lowest BCUT2D eigenvalue weighted by molar-refractivity contribution is 0.0748. The third kappa shape index (κ3) is 3.63. The van der Waals surface area contributed by atoms with Crippen LogP contribution in [0.4, 0.5) is 5.82 Å². The topological polar surface area (TPSA) is 67.2 Å². The van der Waals surface area contributed by atoms with E-state index in [1.807, 2.05) is 71.1 Å². The maximum absolute atomic E-state index is 13.6. The van der Waals surface area contributed by atoms with Crippen molar-refractivity contribution >= 4 is 22.8 Å². The lowest BCUT2D eigenvalue weighted by Gasteiger charge is -2.35. The molecule has 5 rings (SSSR count). The minimum absolute atomic E-state index is 0.0286. The largest absolute Gasteiger partial charge is 0.353 e. The zero-order chi connectivity index (χ0) is 21.2. The highest BCUT2D eigenvalue weighted by molar-refractivity contribution is 6.06. The van der Waals surface area contributed by atoms with E-state index in [0.29, 0.717) is 25.2 Å². The van der Waals surface area contributed by atoms with Gasteiger partial charge in [-0.05, 0) is 25.1 Å². The molecule has 3 aromatic heterocycles. The first-order chi connectivity index (χ1) is 15.2. The quantitative estimate of drug-likeness (QED) is 0.513. The number of rotatable bonds is 4. The summed E-state index contributed by atoms with van der Waals surface area (Å²) in [5, 5.41) is 5.26. The summed E-state index contributed by atoms with van der Waals surface area (Å²) in [5.74, 6) is 0.984. The van der Waals surface area contributed by atoms with Crippen molar-refractivity contribution in [3.63, 3.8) is 0 Å². The molecule has 4 aromatic rings. The second kappa shape index (κ2) is 8.18. The number of nitrogens with zero attached hydrogens (tertiary/aromatic N) is 6. The SMILES string of the molecule is CCn1ncc2c(C(=O)N3CCN(c4ccccn4)CC3)cc(-c3ccccc3)nc21. The minimum atomic E-state index is 0.0286. The van der Waals surface area contributed by atoms with Crippen LogP contribution in [0.1, 0.15) is 17.3 Å². The van der Waals surface area contributed by atoms with Gasteiger partial charge in [0.1, 0.15) is 5.82 Å². The van der Waals surface area contributed by atoms with E-state index >= 15 is 0 Å². The van der Waals surface area contributed by atoms with Crippen molar-refractivity contribution in [3.05, 3.63) is 72.6 Å². The average Bonchev–Trinajstić information content (AvgIpc) is 3.27. The van der Waals surface area contributed by atoms with Crippen molar-refractivity contribution in [2.75, 3.05) is 31.1 Å². The highest BCUT2D eigenvalue weighted by Crippen LogP contribution is 2.26. The summed E-state index contributed by atoms with van der Waals surface area (Å²) < 4.78 is 1.84. The molecule has 0 aliphatic carbocycles. The van der Waals surface area contributed by atoms with E-state index in [-0.39, 0.29) is 5.91 Å². The van der Waals surface area contributed by atoms with Crippen LogP contribution in [0.25, 0.3) is 22.3 Å².